The fourth-order valence-electron chi connectivity index (χ4n) is 2.33. The third-order valence-electron chi connectivity index (χ3n) is 3.42. The van der Waals surface area contributed by atoms with E-state index in [0.717, 1.165) is 0 Å². The largest absolute Gasteiger partial charge is 0.394 e. The van der Waals surface area contributed by atoms with Crippen LogP contribution in [-0.4, -0.2) is 50.6 Å². The average Bonchev–Trinajstić information content (AvgIpc) is 3.02. The van der Waals surface area contributed by atoms with Gasteiger partial charge in [0.15, 0.2) is 12.6 Å². The van der Waals surface area contributed by atoms with Gasteiger partial charge in [0.2, 0.25) is 5.52 Å². The molecule has 1 unspecified atom stereocenters. The molecule has 1 saturated heterocycles. The molecule has 20 heavy (non-hydrogen) atoms. The number of hydrogen-bond donors (Lipinski definition) is 4. The molecule has 0 aliphatic carbocycles. The number of fused-ring (bicyclic) bond motifs is 1. The number of aliphatic hydroxyl groups excluding tert-OH is 2. The summed E-state index contributed by atoms with van der Waals surface area (Å²) in [5, 5.41) is 21.6. The van der Waals surface area contributed by atoms with E-state index in [1.54, 1.807) is 7.05 Å². The van der Waals surface area contributed by atoms with Crippen LogP contribution in [0.1, 0.15) is 12.6 Å². The third-order valence-corrected chi connectivity index (χ3v) is 3.42. The molecule has 3 rings (SSSR count). The predicted molar refractivity (Wildman–Crippen MR) is 68.1 cm³/mol. The van der Waals surface area contributed by atoms with Gasteiger partial charge in [-0.05, 0) is 0 Å². The zero-order valence-corrected chi connectivity index (χ0v) is 10.8. The zero-order chi connectivity index (χ0) is 14.3. The quantitative estimate of drug-likeness (QED) is 0.527. The van der Waals surface area contributed by atoms with Gasteiger partial charge in [-0.1, -0.05) is 4.98 Å². The number of imidazole rings is 1. The van der Waals surface area contributed by atoms with Crippen molar-refractivity contribution < 1.29 is 19.9 Å². The van der Waals surface area contributed by atoms with Gasteiger partial charge in [0.05, 0.1) is 12.7 Å². The molecule has 2 aromatic heterocycles. The highest BCUT2D eigenvalue weighted by Gasteiger charge is 2.37. The number of nitrogens with zero attached hydrogens (tertiary/aromatic N) is 2. The Labute approximate surface area is 113 Å². The van der Waals surface area contributed by atoms with Crippen molar-refractivity contribution in [2.24, 2.45) is 0 Å². The molecular weight excluding hydrogens is 266 g/mol. The molecule has 9 heteroatoms. The Morgan fingerprint density at radius 2 is 2.50 bits per heavy atom. The molecule has 5 N–H and O–H groups in total. The Balaban J connectivity index is 2.00. The first kappa shape index (κ1) is 13.0. The molecule has 0 amide bonds. The van der Waals surface area contributed by atoms with Crippen molar-refractivity contribution in [3.63, 3.8) is 0 Å². The number of ether oxygens (including phenoxy) is 1. The van der Waals surface area contributed by atoms with Crippen LogP contribution in [0.15, 0.2) is 11.1 Å². The maximum absolute atomic E-state index is 12.4. The normalized spacial score (nSPS) is 26.2. The molecular formula is C11H16N5O4+. The Morgan fingerprint density at radius 3 is 3.15 bits per heavy atom. The summed E-state index contributed by atoms with van der Waals surface area (Å²) < 4.78 is 6.81. The molecule has 2 aromatic rings. The highest BCUT2D eigenvalue weighted by molar-refractivity contribution is 5.68. The number of nitrogens with one attached hydrogen (secondary N) is 3. The summed E-state index contributed by atoms with van der Waals surface area (Å²) in [4.78, 5) is 22.3. The van der Waals surface area contributed by atoms with Crippen LogP contribution >= 0.6 is 0 Å². The van der Waals surface area contributed by atoms with Gasteiger partial charge in [-0.25, -0.2) is 14.3 Å². The van der Waals surface area contributed by atoms with Crippen molar-refractivity contribution in [1.82, 2.24) is 14.5 Å². The van der Waals surface area contributed by atoms with Crippen LogP contribution in [0, 0.1) is 0 Å². The molecule has 3 atom stereocenters. The molecule has 1 aliphatic rings. The van der Waals surface area contributed by atoms with Crippen molar-refractivity contribution in [2.75, 3.05) is 19.0 Å². The van der Waals surface area contributed by atoms with Gasteiger partial charge in [-0.3, -0.25) is 0 Å². The fraction of sp³-hybridized carbons (Fsp3) is 0.545. The van der Waals surface area contributed by atoms with Crippen LogP contribution in [0.5, 0.6) is 0 Å². The van der Waals surface area contributed by atoms with E-state index in [4.69, 9.17) is 9.84 Å². The van der Waals surface area contributed by atoms with Gasteiger partial charge in [-0.15, -0.1) is 0 Å². The lowest BCUT2D eigenvalue weighted by Gasteiger charge is -2.10. The van der Waals surface area contributed by atoms with E-state index >= 15 is 0 Å². The molecule has 0 radical (unpaired) electrons. The highest BCUT2D eigenvalue weighted by Crippen LogP contribution is 2.27. The second kappa shape index (κ2) is 4.85. The van der Waals surface area contributed by atoms with Gasteiger partial charge in [0, 0.05) is 13.5 Å². The first-order valence-electron chi connectivity index (χ1n) is 6.28. The minimum atomic E-state index is -0.790. The van der Waals surface area contributed by atoms with Crippen LogP contribution in [-0.2, 0) is 4.74 Å². The highest BCUT2D eigenvalue weighted by atomic mass is 16.5. The summed E-state index contributed by atoms with van der Waals surface area (Å²) >= 11 is 0. The van der Waals surface area contributed by atoms with Crippen LogP contribution < -0.4 is 15.9 Å². The van der Waals surface area contributed by atoms with Crippen molar-refractivity contribution in [2.45, 2.75) is 24.9 Å². The second-order valence-electron chi connectivity index (χ2n) is 4.66. The second-order valence-corrected chi connectivity index (χ2v) is 4.66. The van der Waals surface area contributed by atoms with Crippen LogP contribution in [0.2, 0.25) is 0 Å². The molecule has 3 heterocycles. The molecule has 0 saturated carbocycles. The Morgan fingerprint density at radius 1 is 1.70 bits per heavy atom. The minimum absolute atomic E-state index is 0.248. The molecule has 9 nitrogen and oxygen atoms in total. The maximum Gasteiger partial charge on any atom is 0.339 e. The predicted octanol–water partition coefficient (Wildman–Crippen LogP) is -1.78. The Bertz CT molecular complexity index is 681. The molecule has 1 aliphatic heterocycles. The molecule has 0 aromatic carbocycles. The van der Waals surface area contributed by atoms with Crippen molar-refractivity contribution in [3.05, 3.63) is 16.7 Å². The summed E-state index contributed by atoms with van der Waals surface area (Å²) in [5.74, 6) is 0.478. The van der Waals surface area contributed by atoms with Gasteiger partial charge >= 0.3 is 5.56 Å². The van der Waals surface area contributed by atoms with Crippen LogP contribution in [0.25, 0.3) is 11.2 Å². The van der Waals surface area contributed by atoms with Gasteiger partial charge < -0.3 is 25.3 Å². The fourth-order valence-corrected chi connectivity index (χ4v) is 2.33. The van der Waals surface area contributed by atoms with E-state index in [1.165, 1.54) is 10.9 Å². The summed E-state index contributed by atoms with van der Waals surface area (Å²) in [5.41, 5.74) is 0.457. The van der Waals surface area contributed by atoms with Crippen molar-refractivity contribution in [3.8, 4) is 0 Å². The lowest BCUT2D eigenvalue weighted by molar-refractivity contribution is -0.358. The number of aromatic amines is 2. The zero-order valence-electron chi connectivity index (χ0n) is 10.8. The van der Waals surface area contributed by atoms with Crippen LogP contribution in [0.3, 0.4) is 0 Å². The number of rotatable bonds is 3. The van der Waals surface area contributed by atoms with E-state index in [-0.39, 0.29) is 18.6 Å². The molecule has 108 valence electrons. The summed E-state index contributed by atoms with van der Waals surface area (Å²) in [6.45, 7) is -0.285. The van der Waals surface area contributed by atoms with E-state index < -0.39 is 18.4 Å². The van der Waals surface area contributed by atoms with E-state index in [9.17, 15) is 9.90 Å². The van der Waals surface area contributed by atoms with Crippen LogP contribution in [0.4, 0.5) is 5.95 Å². The smallest absolute Gasteiger partial charge is 0.339 e. The van der Waals surface area contributed by atoms with E-state index in [0.29, 0.717) is 17.1 Å². The molecule has 0 bridgehead atoms. The van der Waals surface area contributed by atoms with E-state index in [1.807, 2.05) is 0 Å². The maximum atomic E-state index is 12.4. The standard InChI is InChI=1S/C11H15N5O4/c1-12-11-14-8-9(15-11)13-4-16(10(8)19)7-2-5(18)6(3-17)20-7/h4-7,17-18H,2-3H2,1H3,(H2,12,14,15)/p+1/t5-,6+,7?/m0/s1. The topological polar surface area (TPSA) is 127 Å². The summed E-state index contributed by atoms with van der Waals surface area (Å²) in [6, 6.07) is 0. The monoisotopic (exact) mass is 282 g/mol. The van der Waals surface area contributed by atoms with Gasteiger partial charge in [0.1, 0.15) is 6.10 Å². The van der Waals surface area contributed by atoms with E-state index in [2.05, 4.69) is 20.3 Å². The van der Waals surface area contributed by atoms with Crippen molar-refractivity contribution >= 4 is 17.1 Å². The molecule has 0 spiro atoms. The Kier molecular flexibility index (Phi) is 3.16. The lowest BCUT2D eigenvalue weighted by atomic mass is 10.2. The first-order valence-corrected chi connectivity index (χ1v) is 6.28. The number of aromatic nitrogens is 4. The summed E-state index contributed by atoms with van der Waals surface area (Å²) in [7, 11) is 1.69. The third kappa shape index (κ3) is 1.96. The molecule has 1 fully saturated rings. The van der Waals surface area contributed by atoms with Gasteiger partial charge in [0.25, 0.3) is 11.6 Å². The SMILES string of the molecule is CNc1nc2[nH+]cn(C3C[C@H](O)[C@@H](CO)O3)c(=O)c2[nH]1. The average molecular weight is 282 g/mol. The number of H-pyrrole nitrogens is 2. The number of hydrogen-bond acceptors (Lipinski definition) is 6. The van der Waals surface area contributed by atoms with Crippen molar-refractivity contribution in [1.29, 1.82) is 0 Å². The number of aliphatic hydroxyl groups is 2. The van der Waals surface area contributed by atoms with Gasteiger partial charge in [-0.2, -0.15) is 0 Å². The Hall–Kier alpha value is -1.97. The lowest BCUT2D eigenvalue weighted by Crippen LogP contribution is -2.30. The minimum Gasteiger partial charge on any atom is -0.394 e. The number of anilines is 1. The first-order chi connectivity index (χ1) is 9.63. The summed E-state index contributed by atoms with van der Waals surface area (Å²) in [6.07, 6.45) is -0.365.